The second kappa shape index (κ2) is 9.43. The van der Waals surface area contributed by atoms with Crippen LogP contribution in [0, 0.1) is 0 Å². The minimum atomic E-state index is -0.724. The van der Waals surface area contributed by atoms with Crippen LogP contribution in [-0.2, 0) is 11.3 Å². The summed E-state index contributed by atoms with van der Waals surface area (Å²) in [6.45, 7) is 2.11. The van der Waals surface area contributed by atoms with Crippen LogP contribution in [0.25, 0.3) is 0 Å². The number of anilines is 2. The number of benzene rings is 2. The van der Waals surface area contributed by atoms with Crippen molar-refractivity contribution >= 4 is 29.0 Å². The van der Waals surface area contributed by atoms with Crippen molar-refractivity contribution in [2.24, 2.45) is 0 Å². The molecule has 0 N–H and O–H groups in total. The predicted molar refractivity (Wildman–Crippen MR) is 118 cm³/mol. The Morgan fingerprint density at radius 3 is 2.34 bits per heavy atom. The topological polar surface area (TPSA) is 45.7 Å². The zero-order valence-corrected chi connectivity index (χ0v) is 17.5. The van der Waals surface area contributed by atoms with Gasteiger partial charge in [0.15, 0.2) is 6.10 Å². The normalized spacial score (nSPS) is 11.6. The summed E-state index contributed by atoms with van der Waals surface area (Å²) in [6.07, 6.45) is 0.947. The fourth-order valence-corrected chi connectivity index (χ4v) is 3.05. The number of hydrogen-bond donors (Lipinski definition) is 0. The Morgan fingerprint density at radius 2 is 1.72 bits per heavy atom. The minimum absolute atomic E-state index is 0.194. The molecule has 3 rings (SSSR count). The summed E-state index contributed by atoms with van der Waals surface area (Å²) in [5.74, 6) is 0.857. The van der Waals surface area contributed by atoms with E-state index < -0.39 is 6.10 Å². The van der Waals surface area contributed by atoms with E-state index in [2.05, 4.69) is 4.98 Å². The summed E-state index contributed by atoms with van der Waals surface area (Å²) in [5, 5.41) is 0.468. The van der Waals surface area contributed by atoms with E-state index >= 15 is 0 Å². The van der Waals surface area contributed by atoms with Crippen molar-refractivity contribution in [1.29, 1.82) is 0 Å². The van der Waals surface area contributed by atoms with Crippen LogP contribution >= 0.6 is 11.6 Å². The van der Waals surface area contributed by atoms with Crippen molar-refractivity contribution in [1.82, 2.24) is 4.98 Å². The van der Waals surface area contributed by atoms with Crippen LogP contribution in [0.15, 0.2) is 72.9 Å². The number of halogens is 1. The average Bonchev–Trinajstić information content (AvgIpc) is 2.74. The summed E-state index contributed by atoms with van der Waals surface area (Å²) in [7, 11) is 3.99. The summed E-state index contributed by atoms with van der Waals surface area (Å²) < 4.78 is 5.84. The molecule has 150 valence electrons. The molecule has 1 atom stereocenters. The van der Waals surface area contributed by atoms with Gasteiger partial charge >= 0.3 is 0 Å². The Balaban J connectivity index is 1.83. The Morgan fingerprint density at radius 1 is 1.03 bits per heavy atom. The number of nitrogens with zero attached hydrogens (tertiary/aromatic N) is 3. The van der Waals surface area contributed by atoms with Gasteiger partial charge in [-0.15, -0.1) is 0 Å². The lowest BCUT2D eigenvalue weighted by Gasteiger charge is -2.26. The van der Waals surface area contributed by atoms with Gasteiger partial charge in [-0.1, -0.05) is 41.9 Å². The van der Waals surface area contributed by atoms with E-state index in [1.54, 1.807) is 30.2 Å². The van der Waals surface area contributed by atoms with Crippen LogP contribution in [0.3, 0.4) is 0 Å². The van der Waals surface area contributed by atoms with E-state index in [1.807, 2.05) is 73.6 Å². The molecule has 3 aromatic rings. The molecule has 0 aliphatic rings. The molecule has 0 aliphatic heterocycles. The van der Waals surface area contributed by atoms with Crippen LogP contribution in [-0.4, -0.2) is 31.1 Å². The van der Waals surface area contributed by atoms with Gasteiger partial charge in [0.2, 0.25) is 0 Å². The molecule has 6 heteroatoms. The number of para-hydroxylation sites is 1. The maximum atomic E-state index is 13.2. The number of rotatable bonds is 7. The Labute approximate surface area is 176 Å². The molecule has 1 aromatic heterocycles. The van der Waals surface area contributed by atoms with Gasteiger partial charge in [-0.05, 0) is 48.9 Å². The molecule has 1 amide bonds. The molecule has 5 nitrogen and oxygen atoms in total. The van der Waals surface area contributed by atoms with E-state index in [0.29, 0.717) is 23.1 Å². The molecule has 0 fully saturated rings. The van der Waals surface area contributed by atoms with Crippen molar-refractivity contribution in [3.8, 4) is 5.75 Å². The van der Waals surface area contributed by atoms with E-state index in [4.69, 9.17) is 16.3 Å². The number of amides is 1. The van der Waals surface area contributed by atoms with Gasteiger partial charge in [-0.25, -0.2) is 4.98 Å². The number of carbonyl (C=O) groups is 1. The largest absolute Gasteiger partial charge is 0.479 e. The number of pyridine rings is 1. The molecule has 1 heterocycles. The van der Waals surface area contributed by atoms with Crippen LogP contribution in [0.4, 0.5) is 11.5 Å². The molecule has 0 radical (unpaired) electrons. The SMILES string of the molecule is C[C@@H](Oc1ccccc1Cl)C(=O)N(Cc1ccc(N(C)C)cc1)c1ccccn1. The number of ether oxygens (including phenoxy) is 1. The van der Waals surface area contributed by atoms with Crippen LogP contribution < -0.4 is 14.5 Å². The first-order valence-corrected chi connectivity index (χ1v) is 9.73. The lowest BCUT2D eigenvalue weighted by atomic mass is 10.1. The molecule has 0 unspecified atom stereocenters. The van der Waals surface area contributed by atoms with Gasteiger partial charge in [-0.3, -0.25) is 9.69 Å². The van der Waals surface area contributed by atoms with Gasteiger partial charge < -0.3 is 9.64 Å². The first-order chi connectivity index (χ1) is 14.0. The molecule has 0 aliphatic carbocycles. The van der Waals surface area contributed by atoms with Crippen molar-refractivity contribution in [3.05, 3.63) is 83.5 Å². The molecule has 0 spiro atoms. The summed E-state index contributed by atoms with van der Waals surface area (Å²) in [6, 6.07) is 20.7. The monoisotopic (exact) mass is 409 g/mol. The first kappa shape index (κ1) is 20.7. The predicted octanol–water partition coefficient (Wildman–Crippen LogP) is 4.80. The van der Waals surface area contributed by atoms with Gasteiger partial charge in [0, 0.05) is 26.0 Å². The number of hydrogen-bond acceptors (Lipinski definition) is 4. The Bertz CT molecular complexity index is 946. The lowest BCUT2D eigenvalue weighted by Crippen LogP contribution is -2.40. The van der Waals surface area contributed by atoms with Crippen molar-refractivity contribution in [2.45, 2.75) is 19.6 Å². The Kier molecular flexibility index (Phi) is 6.73. The van der Waals surface area contributed by atoms with Gasteiger partial charge in [0.05, 0.1) is 11.6 Å². The third-order valence-corrected chi connectivity index (χ3v) is 4.79. The van der Waals surface area contributed by atoms with E-state index in [-0.39, 0.29) is 5.91 Å². The number of aromatic nitrogens is 1. The van der Waals surface area contributed by atoms with Gasteiger partial charge in [0.1, 0.15) is 11.6 Å². The quantitative estimate of drug-likeness (QED) is 0.562. The number of carbonyl (C=O) groups excluding carboxylic acids is 1. The minimum Gasteiger partial charge on any atom is -0.479 e. The lowest BCUT2D eigenvalue weighted by molar-refractivity contribution is -0.124. The fourth-order valence-electron chi connectivity index (χ4n) is 2.87. The van der Waals surface area contributed by atoms with Gasteiger partial charge in [0.25, 0.3) is 5.91 Å². The van der Waals surface area contributed by atoms with Gasteiger partial charge in [-0.2, -0.15) is 0 Å². The molecule has 0 saturated carbocycles. The van der Waals surface area contributed by atoms with Crippen molar-refractivity contribution in [2.75, 3.05) is 23.9 Å². The smallest absolute Gasteiger partial charge is 0.269 e. The second-order valence-corrected chi connectivity index (χ2v) is 7.27. The average molecular weight is 410 g/mol. The van der Waals surface area contributed by atoms with Crippen molar-refractivity contribution < 1.29 is 9.53 Å². The highest BCUT2D eigenvalue weighted by Gasteiger charge is 2.25. The highest BCUT2D eigenvalue weighted by Crippen LogP contribution is 2.25. The molecule has 29 heavy (non-hydrogen) atoms. The summed E-state index contributed by atoms with van der Waals surface area (Å²) in [4.78, 5) is 21.3. The highest BCUT2D eigenvalue weighted by molar-refractivity contribution is 6.32. The third-order valence-electron chi connectivity index (χ3n) is 4.47. The third kappa shape index (κ3) is 5.27. The second-order valence-electron chi connectivity index (χ2n) is 6.86. The highest BCUT2D eigenvalue weighted by atomic mass is 35.5. The van der Waals surface area contributed by atoms with E-state index in [9.17, 15) is 4.79 Å². The van der Waals surface area contributed by atoms with Crippen LogP contribution in [0.5, 0.6) is 5.75 Å². The molecular formula is C23H24ClN3O2. The first-order valence-electron chi connectivity index (χ1n) is 9.35. The zero-order chi connectivity index (χ0) is 20.8. The Hall–Kier alpha value is -3.05. The maximum absolute atomic E-state index is 13.2. The molecule has 2 aromatic carbocycles. The molecule has 0 bridgehead atoms. The van der Waals surface area contributed by atoms with Crippen LogP contribution in [0.2, 0.25) is 5.02 Å². The molecular weight excluding hydrogens is 386 g/mol. The van der Waals surface area contributed by atoms with E-state index in [0.717, 1.165) is 11.3 Å². The van der Waals surface area contributed by atoms with Crippen LogP contribution in [0.1, 0.15) is 12.5 Å². The summed E-state index contributed by atoms with van der Waals surface area (Å²) in [5.41, 5.74) is 2.10. The maximum Gasteiger partial charge on any atom is 0.269 e. The summed E-state index contributed by atoms with van der Waals surface area (Å²) >= 11 is 6.17. The van der Waals surface area contributed by atoms with Crippen molar-refractivity contribution in [3.63, 3.8) is 0 Å². The fraction of sp³-hybridized carbons (Fsp3) is 0.217. The standard InChI is InChI=1S/C23H24ClN3O2/c1-17(29-21-9-5-4-8-20(21)24)23(28)27(22-10-6-7-15-25-22)16-18-11-13-19(14-12-18)26(2)3/h4-15,17H,16H2,1-3H3/t17-/m1/s1. The van der Waals surface area contributed by atoms with E-state index in [1.165, 1.54) is 0 Å². The zero-order valence-electron chi connectivity index (χ0n) is 16.7. The molecule has 0 saturated heterocycles.